The van der Waals surface area contributed by atoms with Crippen molar-refractivity contribution in [3.8, 4) is 12.1 Å². The number of nitrogens with zero attached hydrogens (tertiary/aromatic N) is 3. The highest BCUT2D eigenvalue weighted by Crippen LogP contribution is 2.46. The Morgan fingerprint density at radius 1 is 1.03 bits per heavy atom. The van der Waals surface area contributed by atoms with Crippen LogP contribution in [0.1, 0.15) is 16.4 Å². The van der Waals surface area contributed by atoms with E-state index in [4.69, 9.17) is 0 Å². The molecule has 0 aliphatic heterocycles. The summed E-state index contributed by atoms with van der Waals surface area (Å²) < 4.78 is 0. The van der Waals surface area contributed by atoms with Gasteiger partial charge in [-0.2, -0.15) is 10.5 Å². The molecular weight excluding hydrogens is 418 g/mol. The number of thioether (sulfide) groups is 1. The van der Waals surface area contributed by atoms with Crippen LogP contribution in [0.4, 0.5) is 5.69 Å². The lowest BCUT2D eigenvalue weighted by atomic mass is 9.91. The van der Waals surface area contributed by atoms with E-state index in [1.54, 1.807) is 36.4 Å². The number of hydrogen-bond donors (Lipinski definition) is 1. The molecule has 6 nitrogen and oxygen atoms in total. The Morgan fingerprint density at radius 2 is 1.70 bits per heavy atom. The molecule has 1 heterocycles. The van der Waals surface area contributed by atoms with Gasteiger partial charge >= 0.3 is 0 Å². The molecule has 30 heavy (non-hydrogen) atoms. The predicted molar refractivity (Wildman–Crippen MR) is 117 cm³/mol. The van der Waals surface area contributed by atoms with Gasteiger partial charge < -0.3 is 5.11 Å². The first-order chi connectivity index (χ1) is 14.5. The molecule has 0 saturated heterocycles. The first-order valence-electron chi connectivity index (χ1n) is 8.78. The summed E-state index contributed by atoms with van der Waals surface area (Å²) >= 11 is 2.59. The summed E-state index contributed by atoms with van der Waals surface area (Å²) in [7, 11) is 0. The first kappa shape index (κ1) is 21.1. The fourth-order valence-corrected chi connectivity index (χ4v) is 4.93. The second-order valence-corrected chi connectivity index (χ2v) is 8.26. The van der Waals surface area contributed by atoms with Crippen molar-refractivity contribution >= 4 is 34.5 Å². The standard InChI is InChI=1S/C22H15N3O3S2/c23-13-16(14-24)20(19-7-4-12-29-19)22(21(26)15-5-2-1-3-6-15)30-18-10-8-17(9-11-18)25(27)28/h1-12,16,20,26H. The number of aliphatic hydroxyl groups excluding tert-OH is 1. The van der Waals surface area contributed by atoms with Gasteiger partial charge in [-0.05, 0) is 23.6 Å². The summed E-state index contributed by atoms with van der Waals surface area (Å²) in [6.45, 7) is 0. The molecule has 0 aliphatic carbocycles. The zero-order chi connectivity index (χ0) is 21.5. The van der Waals surface area contributed by atoms with Crippen LogP contribution in [0, 0.1) is 38.7 Å². The molecule has 1 atom stereocenters. The summed E-state index contributed by atoms with van der Waals surface area (Å²) in [5.74, 6) is -1.72. The van der Waals surface area contributed by atoms with Gasteiger partial charge in [0.2, 0.25) is 0 Å². The van der Waals surface area contributed by atoms with Crippen molar-refractivity contribution in [1.82, 2.24) is 0 Å². The highest BCUT2D eigenvalue weighted by atomic mass is 32.2. The van der Waals surface area contributed by atoms with Crippen LogP contribution in [0.25, 0.3) is 5.76 Å². The van der Waals surface area contributed by atoms with E-state index >= 15 is 0 Å². The van der Waals surface area contributed by atoms with Crippen LogP contribution in [0.3, 0.4) is 0 Å². The molecule has 0 bridgehead atoms. The van der Waals surface area contributed by atoms with E-state index in [0.717, 1.165) is 4.88 Å². The van der Waals surface area contributed by atoms with Crippen molar-refractivity contribution in [3.05, 3.63) is 97.6 Å². The van der Waals surface area contributed by atoms with Crippen molar-refractivity contribution in [2.24, 2.45) is 5.92 Å². The maximum Gasteiger partial charge on any atom is 0.269 e. The number of nitro benzene ring substituents is 1. The van der Waals surface area contributed by atoms with Gasteiger partial charge in [-0.3, -0.25) is 10.1 Å². The van der Waals surface area contributed by atoms with E-state index in [0.29, 0.717) is 15.4 Å². The third-order valence-electron chi connectivity index (χ3n) is 4.30. The second-order valence-electron chi connectivity index (χ2n) is 6.16. The molecule has 0 radical (unpaired) electrons. The van der Waals surface area contributed by atoms with Crippen LogP contribution >= 0.6 is 23.1 Å². The average molecular weight is 434 g/mol. The Bertz CT molecular complexity index is 1120. The first-order valence-corrected chi connectivity index (χ1v) is 10.5. The number of allylic oxidation sites excluding steroid dienone is 1. The highest BCUT2D eigenvalue weighted by molar-refractivity contribution is 8.03. The molecular formula is C22H15N3O3S2. The molecule has 0 fully saturated rings. The lowest BCUT2D eigenvalue weighted by Crippen LogP contribution is -2.12. The van der Waals surface area contributed by atoms with Gasteiger partial charge in [0.05, 0.1) is 23.0 Å². The largest absolute Gasteiger partial charge is 0.506 e. The fourth-order valence-electron chi connectivity index (χ4n) is 2.85. The normalized spacial score (nSPS) is 12.5. The maximum atomic E-state index is 11.1. The van der Waals surface area contributed by atoms with E-state index in [1.165, 1.54) is 35.2 Å². The monoisotopic (exact) mass is 433 g/mol. The van der Waals surface area contributed by atoms with Crippen LogP contribution < -0.4 is 0 Å². The van der Waals surface area contributed by atoms with Gasteiger partial charge in [-0.15, -0.1) is 11.3 Å². The van der Waals surface area contributed by atoms with E-state index in [-0.39, 0.29) is 11.4 Å². The molecule has 0 saturated carbocycles. The lowest BCUT2D eigenvalue weighted by Gasteiger charge is -2.21. The maximum absolute atomic E-state index is 11.1. The van der Waals surface area contributed by atoms with E-state index in [2.05, 4.69) is 0 Å². The van der Waals surface area contributed by atoms with Crippen molar-refractivity contribution in [1.29, 1.82) is 10.5 Å². The van der Waals surface area contributed by atoms with Gasteiger partial charge in [-0.1, -0.05) is 48.2 Å². The topological polar surface area (TPSA) is 111 Å². The van der Waals surface area contributed by atoms with Crippen molar-refractivity contribution < 1.29 is 10.0 Å². The summed E-state index contributed by atoms with van der Waals surface area (Å²) in [6, 6.07) is 22.5. The number of rotatable bonds is 7. The van der Waals surface area contributed by atoms with Gasteiger partial charge in [0.1, 0.15) is 11.7 Å². The number of aliphatic hydroxyl groups is 1. The molecule has 3 aromatic rings. The Kier molecular flexibility index (Phi) is 6.87. The Balaban J connectivity index is 2.15. The molecule has 3 rings (SSSR count). The van der Waals surface area contributed by atoms with Crippen molar-refractivity contribution in [2.45, 2.75) is 10.8 Å². The van der Waals surface area contributed by atoms with Crippen LogP contribution in [-0.2, 0) is 0 Å². The van der Waals surface area contributed by atoms with Crippen molar-refractivity contribution in [2.75, 3.05) is 0 Å². The molecule has 1 aromatic heterocycles. The Hall–Kier alpha value is -3.59. The van der Waals surface area contributed by atoms with E-state index in [1.807, 2.05) is 35.7 Å². The number of non-ortho nitro benzene ring substituents is 1. The fraction of sp³-hybridized carbons (Fsp3) is 0.0909. The third kappa shape index (κ3) is 4.69. The quantitative estimate of drug-likeness (QED) is 0.208. The van der Waals surface area contributed by atoms with Crippen LogP contribution in [0.15, 0.2) is 81.9 Å². The Labute approximate surface area is 181 Å². The minimum Gasteiger partial charge on any atom is -0.506 e. The van der Waals surface area contributed by atoms with E-state index < -0.39 is 16.8 Å². The SMILES string of the molecule is N#CC(C#N)C(C(Sc1ccc([N+](=O)[O-])cc1)=C(O)c1ccccc1)c1cccs1. The third-order valence-corrected chi connectivity index (χ3v) is 6.43. The predicted octanol–water partition coefficient (Wildman–Crippen LogP) is 6.12. The van der Waals surface area contributed by atoms with Crippen LogP contribution in [-0.4, -0.2) is 10.0 Å². The van der Waals surface area contributed by atoms with E-state index in [9.17, 15) is 25.7 Å². The minimum atomic E-state index is -1.02. The molecule has 0 spiro atoms. The minimum absolute atomic E-state index is 0.0344. The molecule has 148 valence electrons. The van der Waals surface area contributed by atoms with Gasteiger partial charge in [0, 0.05) is 32.4 Å². The van der Waals surface area contributed by atoms with Crippen LogP contribution in [0.2, 0.25) is 0 Å². The number of nitro groups is 1. The zero-order valence-electron chi connectivity index (χ0n) is 15.5. The number of hydrogen-bond acceptors (Lipinski definition) is 7. The van der Waals surface area contributed by atoms with Gasteiger partial charge in [0.25, 0.3) is 5.69 Å². The molecule has 8 heteroatoms. The molecule has 0 amide bonds. The van der Waals surface area contributed by atoms with Gasteiger partial charge in [0.15, 0.2) is 0 Å². The molecule has 0 aliphatic rings. The molecule has 1 N–H and O–H groups in total. The highest BCUT2D eigenvalue weighted by Gasteiger charge is 2.31. The summed E-state index contributed by atoms with van der Waals surface area (Å²) in [4.78, 5) is 12.3. The summed E-state index contributed by atoms with van der Waals surface area (Å²) in [6.07, 6.45) is 0. The molecule has 2 aromatic carbocycles. The Morgan fingerprint density at radius 3 is 2.23 bits per heavy atom. The lowest BCUT2D eigenvalue weighted by molar-refractivity contribution is -0.384. The number of thiophene rings is 1. The number of benzene rings is 2. The molecule has 1 unspecified atom stereocenters. The zero-order valence-corrected chi connectivity index (χ0v) is 17.1. The van der Waals surface area contributed by atoms with Gasteiger partial charge in [-0.25, -0.2) is 0 Å². The summed E-state index contributed by atoms with van der Waals surface area (Å²) in [5, 5.41) is 43.1. The van der Waals surface area contributed by atoms with Crippen LogP contribution in [0.5, 0.6) is 0 Å². The second kappa shape index (κ2) is 9.75. The smallest absolute Gasteiger partial charge is 0.269 e. The average Bonchev–Trinajstić information content (AvgIpc) is 3.31. The summed E-state index contributed by atoms with van der Waals surface area (Å²) in [5.41, 5.74) is 0.511. The van der Waals surface area contributed by atoms with Crippen molar-refractivity contribution in [3.63, 3.8) is 0 Å². The number of nitriles is 2.